The molecule has 0 N–H and O–H groups in total. The Bertz CT molecular complexity index is 643. The SMILES string of the molecule is FC(F)(F)C(F)(F)C(F)(F)C(F)(F)C(F)(F)C(F)(F)C(F)(F)C(F)(F)C(Cl)(Cl)C(Cl)(Cl)Cl. The molecule has 0 fully saturated rings. The molecule has 0 atom stereocenters. The van der Waals surface area contributed by atoms with Crippen molar-refractivity contribution >= 4 is 58.0 Å². The molecule has 0 saturated heterocycles. The Labute approximate surface area is 188 Å². The molecular formula is C10Cl5F17. The summed E-state index contributed by atoms with van der Waals surface area (Å²) in [6.45, 7) is 0. The molecule has 0 aromatic carbocycles. The summed E-state index contributed by atoms with van der Waals surface area (Å²) in [5.41, 5.74) is 0. The number of hydrogen-bond donors (Lipinski definition) is 0. The topological polar surface area (TPSA) is 0 Å². The Morgan fingerprint density at radius 1 is 0.281 bits per heavy atom. The lowest BCUT2D eigenvalue weighted by molar-refractivity contribution is -0.462. The van der Waals surface area contributed by atoms with Gasteiger partial charge >= 0.3 is 47.6 Å². The highest BCUT2D eigenvalue weighted by Gasteiger charge is 2.96. The van der Waals surface area contributed by atoms with E-state index in [2.05, 4.69) is 58.0 Å². The molecule has 0 rings (SSSR count). The molecule has 0 nitrogen and oxygen atoms in total. The Kier molecular flexibility index (Phi) is 7.95. The van der Waals surface area contributed by atoms with Crippen LogP contribution in [0.4, 0.5) is 74.6 Å². The van der Waals surface area contributed by atoms with E-state index in [0.29, 0.717) is 0 Å². The third kappa shape index (κ3) is 3.92. The van der Waals surface area contributed by atoms with E-state index in [1.165, 1.54) is 0 Å². The summed E-state index contributed by atoms with van der Waals surface area (Å²) < 4.78 is 213. The fraction of sp³-hybridized carbons (Fsp3) is 1.00. The average molecular weight is 620 g/mol. The molecule has 0 aromatic heterocycles. The van der Waals surface area contributed by atoms with Gasteiger partial charge in [-0.1, -0.05) is 58.0 Å². The van der Waals surface area contributed by atoms with Crippen molar-refractivity contribution in [3.63, 3.8) is 0 Å². The maximum Gasteiger partial charge on any atom is 0.460 e. The van der Waals surface area contributed by atoms with Crippen LogP contribution in [0.15, 0.2) is 0 Å². The van der Waals surface area contributed by atoms with Gasteiger partial charge < -0.3 is 0 Å². The third-order valence-corrected chi connectivity index (χ3v) is 5.94. The van der Waals surface area contributed by atoms with E-state index >= 15 is 0 Å². The van der Waals surface area contributed by atoms with E-state index in [1.807, 2.05) is 0 Å². The summed E-state index contributed by atoms with van der Waals surface area (Å²) in [5.74, 6) is -58.6. The number of alkyl halides is 22. The Morgan fingerprint density at radius 2 is 0.469 bits per heavy atom. The zero-order chi connectivity index (χ0) is 27.0. The van der Waals surface area contributed by atoms with E-state index in [9.17, 15) is 74.6 Å². The van der Waals surface area contributed by atoms with Gasteiger partial charge in [0.1, 0.15) is 0 Å². The second-order valence-corrected chi connectivity index (χ2v) is 9.20. The first-order chi connectivity index (χ1) is 13.2. The quantitative estimate of drug-likeness (QED) is 0.198. The lowest BCUT2D eigenvalue weighted by atomic mass is 9.88. The van der Waals surface area contributed by atoms with Gasteiger partial charge in [-0.25, -0.2) is 0 Å². The van der Waals surface area contributed by atoms with Crippen molar-refractivity contribution < 1.29 is 74.6 Å². The van der Waals surface area contributed by atoms with Crippen LogP contribution in [0.3, 0.4) is 0 Å². The van der Waals surface area contributed by atoms with Gasteiger partial charge in [0.05, 0.1) is 0 Å². The standard InChI is InChI=1S/C10Cl5F17/c11-1(12,9(13,14)15)2(16,17)3(18,19)4(20,21)5(22,23)6(24,25)7(26,27)8(28,29)10(30,31)32. The second-order valence-electron chi connectivity index (χ2n) is 5.59. The van der Waals surface area contributed by atoms with Crippen molar-refractivity contribution in [3.05, 3.63) is 0 Å². The van der Waals surface area contributed by atoms with E-state index in [-0.39, 0.29) is 0 Å². The van der Waals surface area contributed by atoms with Crippen LogP contribution in [0.5, 0.6) is 0 Å². The molecule has 0 saturated carbocycles. The molecule has 22 heteroatoms. The Hall–Kier alpha value is 0.260. The molecule has 32 heavy (non-hydrogen) atoms. The minimum Gasteiger partial charge on any atom is -0.196 e. The minimum atomic E-state index is -8.79. The normalized spacial score (nSPS) is 17.1. The van der Waals surface area contributed by atoms with Crippen LogP contribution in [-0.2, 0) is 0 Å². The van der Waals surface area contributed by atoms with Crippen molar-refractivity contribution in [2.45, 2.75) is 55.8 Å². The molecule has 0 unspecified atom stereocenters. The minimum absolute atomic E-state index is 4.25. The van der Waals surface area contributed by atoms with Crippen molar-refractivity contribution in [1.82, 2.24) is 0 Å². The molecule has 0 bridgehead atoms. The molecule has 0 aliphatic rings. The summed E-state index contributed by atoms with van der Waals surface area (Å²) in [6.07, 6.45) is -7.85. The first kappa shape index (κ1) is 32.3. The van der Waals surface area contributed by atoms with Crippen LogP contribution in [0.25, 0.3) is 0 Å². The Morgan fingerprint density at radius 3 is 0.656 bits per heavy atom. The summed E-state index contributed by atoms with van der Waals surface area (Å²) >= 11 is 22.6. The van der Waals surface area contributed by atoms with E-state index in [0.717, 1.165) is 0 Å². The van der Waals surface area contributed by atoms with Gasteiger partial charge in [-0.15, -0.1) is 0 Å². The monoisotopic (exact) mass is 618 g/mol. The van der Waals surface area contributed by atoms with Gasteiger partial charge in [-0.3, -0.25) is 0 Å². The molecule has 0 heterocycles. The van der Waals surface area contributed by atoms with Gasteiger partial charge in [0, 0.05) is 0 Å². The van der Waals surface area contributed by atoms with Crippen LogP contribution in [0, 0.1) is 0 Å². The summed E-state index contributed by atoms with van der Waals surface area (Å²) in [4.78, 5) is 0. The van der Waals surface area contributed by atoms with Crippen molar-refractivity contribution in [1.29, 1.82) is 0 Å². The average Bonchev–Trinajstić information content (AvgIpc) is 2.51. The summed E-state index contributed by atoms with van der Waals surface area (Å²) in [5, 5.41) is 0. The zero-order valence-electron chi connectivity index (χ0n) is 13.3. The Balaban J connectivity index is 7.00. The summed E-state index contributed by atoms with van der Waals surface area (Å²) in [7, 11) is 0. The largest absolute Gasteiger partial charge is 0.460 e. The van der Waals surface area contributed by atoms with E-state index in [4.69, 9.17) is 0 Å². The van der Waals surface area contributed by atoms with Gasteiger partial charge in [0.15, 0.2) is 0 Å². The third-order valence-electron chi connectivity index (χ3n) is 3.47. The lowest BCUT2D eigenvalue weighted by Gasteiger charge is -2.45. The molecule has 0 aromatic rings. The maximum atomic E-state index is 13.8. The lowest BCUT2D eigenvalue weighted by Crippen LogP contribution is -2.76. The maximum absolute atomic E-state index is 13.8. The molecule has 0 spiro atoms. The molecule has 194 valence electrons. The molecule has 0 radical (unpaired) electrons. The highest BCUT2D eigenvalue weighted by Crippen LogP contribution is 2.67. The fourth-order valence-electron chi connectivity index (χ4n) is 1.54. The van der Waals surface area contributed by atoms with Crippen molar-refractivity contribution in [3.8, 4) is 0 Å². The number of rotatable bonds is 7. The van der Waals surface area contributed by atoms with Crippen LogP contribution >= 0.6 is 58.0 Å². The zero-order valence-corrected chi connectivity index (χ0v) is 17.1. The predicted molar refractivity (Wildman–Crippen MR) is 75.4 cm³/mol. The van der Waals surface area contributed by atoms with E-state index < -0.39 is 55.8 Å². The molecule has 0 aliphatic heterocycles. The van der Waals surface area contributed by atoms with Crippen LogP contribution in [0.2, 0.25) is 0 Å². The van der Waals surface area contributed by atoms with Crippen molar-refractivity contribution in [2.75, 3.05) is 0 Å². The second kappa shape index (κ2) is 7.88. The first-order valence-electron chi connectivity index (χ1n) is 6.41. The van der Waals surface area contributed by atoms with Crippen LogP contribution in [0.1, 0.15) is 0 Å². The summed E-state index contributed by atoms with van der Waals surface area (Å²) in [6, 6.07) is 0. The highest BCUT2D eigenvalue weighted by molar-refractivity contribution is 6.75. The molecule has 0 aliphatic carbocycles. The van der Waals surface area contributed by atoms with E-state index in [1.54, 1.807) is 0 Å². The first-order valence-corrected chi connectivity index (χ1v) is 8.30. The van der Waals surface area contributed by atoms with Crippen LogP contribution in [-0.4, -0.2) is 55.8 Å². The fourth-order valence-corrected chi connectivity index (χ4v) is 2.13. The van der Waals surface area contributed by atoms with Gasteiger partial charge in [-0.2, -0.15) is 74.6 Å². The highest BCUT2D eigenvalue weighted by atomic mass is 35.6. The molecule has 0 amide bonds. The van der Waals surface area contributed by atoms with Gasteiger partial charge in [-0.05, 0) is 0 Å². The van der Waals surface area contributed by atoms with Crippen molar-refractivity contribution in [2.24, 2.45) is 0 Å². The number of hydrogen-bond acceptors (Lipinski definition) is 0. The van der Waals surface area contributed by atoms with Crippen LogP contribution < -0.4 is 0 Å². The number of halogens is 22. The smallest absolute Gasteiger partial charge is 0.196 e. The van der Waals surface area contributed by atoms with Gasteiger partial charge in [0.2, 0.25) is 8.13 Å². The molecular weight excluding hydrogens is 620 g/mol. The predicted octanol–water partition coefficient (Wildman–Crippen LogP) is 8.54. The van der Waals surface area contributed by atoms with Gasteiger partial charge in [0.25, 0.3) is 0 Å².